The zero-order chi connectivity index (χ0) is 16.1. The molecule has 0 saturated carbocycles. The number of carbonyl (C=O) groups is 3. The second-order valence-corrected chi connectivity index (χ2v) is 5.15. The standard InChI is InChI=1S/C15H18N2O5/c1-10-4-5-12-11(7-10)17(9-15(21)22-12)8-13(18)16-6-2-3-14(19)20/h4-5,7H,2-3,6,8-9H2,1H3,(H,16,18)(H,19,20). The molecule has 0 fully saturated rings. The summed E-state index contributed by atoms with van der Waals surface area (Å²) in [6.07, 6.45) is 0.386. The number of aliphatic carboxylic acids is 1. The van der Waals surface area contributed by atoms with Gasteiger partial charge >= 0.3 is 11.9 Å². The van der Waals surface area contributed by atoms with Crippen molar-refractivity contribution in [2.24, 2.45) is 0 Å². The minimum Gasteiger partial charge on any atom is -0.481 e. The molecule has 1 aromatic carbocycles. The zero-order valence-corrected chi connectivity index (χ0v) is 12.3. The Bertz CT molecular complexity index is 600. The molecule has 2 N–H and O–H groups in total. The van der Waals surface area contributed by atoms with Gasteiger partial charge in [-0.25, -0.2) is 4.79 Å². The third-order valence-corrected chi connectivity index (χ3v) is 3.22. The van der Waals surface area contributed by atoms with Crippen molar-refractivity contribution < 1.29 is 24.2 Å². The molecule has 0 radical (unpaired) electrons. The van der Waals surface area contributed by atoms with Gasteiger partial charge in [0, 0.05) is 13.0 Å². The molecule has 22 heavy (non-hydrogen) atoms. The monoisotopic (exact) mass is 306 g/mol. The summed E-state index contributed by atoms with van der Waals surface area (Å²) in [6, 6.07) is 5.40. The maximum atomic E-state index is 11.9. The number of ether oxygens (including phenoxy) is 1. The van der Waals surface area contributed by atoms with E-state index in [1.54, 1.807) is 11.0 Å². The van der Waals surface area contributed by atoms with Crippen molar-refractivity contribution in [3.63, 3.8) is 0 Å². The van der Waals surface area contributed by atoms with Gasteiger partial charge in [0.1, 0.15) is 6.54 Å². The molecule has 7 heteroatoms. The van der Waals surface area contributed by atoms with E-state index in [0.717, 1.165) is 5.56 Å². The summed E-state index contributed by atoms with van der Waals surface area (Å²) in [5, 5.41) is 11.2. The lowest BCUT2D eigenvalue weighted by Gasteiger charge is -2.29. The molecule has 1 heterocycles. The number of nitrogens with one attached hydrogen (secondary N) is 1. The Hall–Kier alpha value is -2.57. The summed E-state index contributed by atoms with van der Waals surface area (Å²) in [7, 11) is 0. The van der Waals surface area contributed by atoms with E-state index < -0.39 is 11.9 Å². The van der Waals surface area contributed by atoms with Crippen LogP contribution in [0.5, 0.6) is 5.75 Å². The quantitative estimate of drug-likeness (QED) is 0.456. The van der Waals surface area contributed by atoms with Gasteiger partial charge in [0.25, 0.3) is 0 Å². The molecule has 1 aromatic rings. The first kappa shape index (κ1) is 15.8. The number of rotatable bonds is 6. The number of amides is 1. The first-order valence-corrected chi connectivity index (χ1v) is 7.00. The second-order valence-electron chi connectivity index (χ2n) is 5.15. The van der Waals surface area contributed by atoms with Gasteiger partial charge in [-0.1, -0.05) is 6.07 Å². The fourth-order valence-electron chi connectivity index (χ4n) is 2.19. The van der Waals surface area contributed by atoms with Gasteiger partial charge < -0.3 is 20.1 Å². The number of hydrogen-bond acceptors (Lipinski definition) is 5. The maximum absolute atomic E-state index is 11.9. The summed E-state index contributed by atoms with van der Waals surface area (Å²) < 4.78 is 5.15. The number of carboxylic acids is 1. The van der Waals surface area contributed by atoms with E-state index >= 15 is 0 Å². The molecule has 0 saturated heterocycles. The van der Waals surface area contributed by atoms with E-state index in [4.69, 9.17) is 9.84 Å². The number of anilines is 1. The molecule has 0 spiro atoms. The van der Waals surface area contributed by atoms with Gasteiger partial charge in [0.15, 0.2) is 5.75 Å². The van der Waals surface area contributed by atoms with Crippen molar-refractivity contribution >= 4 is 23.5 Å². The van der Waals surface area contributed by atoms with Crippen LogP contribution in [0.2, 0.25) is 0 Å². The largest absolute Gasteiger partial charge is 0.481 e. The van der Waals surface area contributed by atoms with Crippen molar-refractivity contribution in [2.75, 3.05) is 24.5 Å². The van der Waals surface area contributed by atoms with Crippen LogP contribution in [-0.4, -0.2) is 42.6 Å². The smallest absolute Gasteiger partial charge is 0.331 e. The lowest BCUT2D eigenvalue weighted by Crippen LogP contribution is -2.43. The van der Waals surface area contributed by atoms with Crippen LogP contribution in [0.4, 0.5) is 5.69 Å². The highest BCUT2D eigenvalue weighted by molar-refractivity contribution is 5.89. The second kappa shape index (κ2) is 6.93. The van der Waals surface area contributed by atoms with Crippen molar-refractivity contribution in [3.05, 3.63) is 23.8 Å². The molecule has 0 aliphatic carbocycles. The molecular formula is C15H18N2O5. The molecule has 118 valence electrons. The van der Waals surface area contributed by atoms with Crippen LogP contribution in [0.15, 0.2) is 18.2 Å². The highest BCUT2D eigenvalue weighted by atomic mass is 16.5. The molecule has 1 aliphatic heterocycles. The number of benzene rings is 1. The van der Waals surface area contributed by atoms with E-state index in [-0.39, 0.29) is 25.4 Å². The zero-order valence-electron chi connectivity index (χ0n) is 12.3. The Kier molecular flexibility index (Phi) is 4.98. The fraction of sp³-hybridized carbons (Fsp3) is 0.400. The van der Waals surface area contributed by atoms with Crippen molar-refractivity contribution in [1.82, 2.24) is 5.32 Å². The summed E-state index contributed by atoms with van der Waals surface area (Å²) in [6.45, 7) is 2.25. The van der Waals surface area contributed by atoms with Crippen molar-refractivity contribution in [2.45, 2.75) is 19.8 Å². The number of esters is 1. The predicted molar refractivity (Wildman–Crippen MR) is 78.9 cm³/mol. The highest BCUT2D eigenvalue weighted by Gasteiger charge is 2.25. The number of carboxylic acid groups (broad SMARTS) is 1. The summed E-state index contributed by atoms with van der Waals surface area (Å²) in [5.41, 5.74) is 1.71. The highest BCUT2D eigenvalue weighted by Crippen LogP contribution is 2.32. The predicted octanol–water partition coefficient (Wildman–Crippen LogP) is 0.701. The SMILES string of the molecule is Cc1ccc2c(c1)N(CC(=O)NCCCC(=O)O)CC(=O)O2. The Morgan fingerprint density at radius 3 is 2.91 bits per heavy atom. The summed E-state index contributed by atoms with van der Waals surface area (Å²) >= 11 is 0. The van der Waals surface area contributed by atoms with Crippen LogP contribution in [0, 0.1) is 6.92 Å². The average Bonchev–Trinajstić information content (AvgIpc) is 2.44. The van der Waals surface area contributed by atoms with Gasteiger partial charge in [0.05, 0.1) is 12.2 Å². The third-order valence-electron chi connectivity index (χ3n) is 3.22. The van der Waals surface area contributed by atoms with Crippen LogP contribution < -0.4 is 15.0 Å². The molecular weight excluding hydrogens is 288 g/mol. The van der Waals surface area contributed by atoms with Gasteiger partial charge in [-0.15, -0.1) is 0 Å². The Morgan fingerprint density at radius 2 is 2.18 bits per heavy atom. The Labute approximate surface area is 127 Å². The summed E-state index contributed by atoms with van der Waals surface area (Å²) in [5.74, 6) is -1.11. The number of aryl methyl sites for hydroxylation is 1. The van der Waals surface area contributed by atoms with Crippen LogP contribution >= 0.6 is 0 Å². The summed E-state index contributed by atoms with van der Waals surface area (Å²) in [4.78, 5) is 35.5. The molecule has 7 nitrogen and oxygen atoms in total. The van der Waals surface area contributed by atoms with Gasteiger partial charge in [-0.05, 0) is 31.0 Å². The minimum absolute atomic E-state index is 0.0123. The number of fused-ring (bicyclic) bond motifs is 1. The Morgan fingerprint density at radius 1 is 1.41 bits per heavy atom. The van der Waals surface area contributed by atoms with Crippen LogP contribution in [0.25, 0.3) is 0 Å². The van der Waals surface area contributed by atoms with Gasteiger partial charge in [-0.3, -0.25) is 9.59 Å². The van der Waals surface area contributed by atoms with Crippen molar-refractivity contribution in [1.29, 1.82) is 0 Å². The van der Waals surface area contributed by atoms with Crippen LogP contribution in [-0.2, 0) is 14.4 Å². The lowest BCUT2D eigenvalue weighted by molar-refractivity contribution is -0.137. The third kappa shape index (κ3) is 4.21. The molecule has 0 atom stereocenters. The molecule has 0 bridgehead atoms. The first-order chi connectivity index (χ1) is 10.5. The molecule has 0 aromatic heterocycles. The molecule has 2 rings (SSSR count). The van der Waals surface area contributed by atoms with E-state index in [2.05, 4.69) is 5.32 Å². The molecule has 0 unspecified atom stereocenters. The number of hydrogen-bond donors (Lipinski definition) is 2. The molecule has 1 amide bonds. The minimum atomic E-state index is -0.891. The normalized spacial score (nSPS) is 13.3. The van der Waals surface area contributed by atoms with Crippen LogP contribution in [0.3, 0.4) is 0 Å². The van der Waals surface area contributed by atoms with Gasteiger partial charge in [-0.2, -0.15) is 0 Å². The average molecular weight is 306 g/mol. The number of nitrogens with zero attached hydrogens (tertiary/aromatic N) is 1. The lowest BCUT2D eigenvalue weighted by atomic mass is 10.1. The Balaban J connectivity index is 1.95. The van der Waals surface area contributed by atoms with E-state index in [0.29, 0.717) is 24.4 Å². The first-order valence-electron chi connectivity index (χ1n) is 7.00. The van der Waals surface area contributed by atoms with E-state index in [1.165, 1.54) is 0 Å². The molecule has 1 aliphatic rings. The van der Waals surface area contributed by atoms with E-state index in [1.807, 2.05) is 19.1 Å². The van der Waals surface area contributed by atoms with Crippen molar-refractivity contribution in [3.8, 4) is 5.75 Å². The van der Waals surface area contributed by atoms with Gasteiger partial charge in [0.2, 0.25) is 5.91 Å². The fourth-order valence-corrected chi connectivity index (χ4v) is 2.19. The van der Waals surface area contributed by atoms with E-state index in [9.17, 15) is 14.4 Å². The topological polar surface area (TPSA) is 95.9 Å². The maximum Gasteiger partial charge on any atom is 0.331 e. The number of carbonyl (C=O) groups excluding carboxylic acids is 2. The van der Waals surface area contributed by atoms with Crippen LogP contribution in [0.1, 0.15) is 18.4 Å².